The summed E-state index contributed by atoms with van der Waals surface area (Å²) in [6.07, 6.45) is 7.14. The Balaban J connectivity index is 2.35. The molecule has 0 amide bonds. The maximum absolute atomic E-state index is 10.9. The highest BCUT2D eigenvalue weighted by atomic mass is 16.5. The molecule has 3 nitrogen and oxygen atoms in total. The zero-order valence-electron chi connectivity index (χ0n) is 13.2. The van der Waals surface area contributed by atoms with E-state index in [0.717, 1.165) is 30.4 Å². The Morgan fingerprint density at radius 3 is 2.52 bits per heavy atom. The van der Waals surface area contributed by atoms with Crippen LogP contribution in [0.4, 0.5) is 0 Å². The first-order chi connectivity index (χ1) is 10.2. The minimum Gasteiger partial charge on any atom is -0.497 e. The van der Waals surface area contributed by atoms with E-state index < -0.39 is 0 Å². The second-order valence-corrected chi connectivity index (χ2v) is 5.18. The Morgan fingerprint density at radius 1 is 1.24 bits per heavy atom. The van der Waals surface area contributed by atoms with Crippen LogP contribution in [0.1, 0.15) is 32.3 Å². The lowest BCUT2D eigenvalue weighted by atomic mass is 9.92. The standard InChI is InChI=1S/C18H26O3/c1-4-5-6-17(15(2)13-19)11-12-21-14-16-7-9-18(20-3)10-8-16/h5-10,13,15,17H,4,11-12,14H2,1-3H3/b6-5+/t15-,17+/m1/s1. The number of ether oxygens (including phenoxy) is 2. The predicted molar refractivity (Wildman–Crippen MR) is 85.4 cm³/mol. The van der Waals surface area contributed by atoms with Crippen LogP contribution in [-0.4, -0.2) is 20.0 Å². The van der Waals surface area contributed by atoms with Gasteiger partial charge < -0.3 is 14.3 Å². The molecule has 0 spiro atoms. The van der Waals surface area contributed by atoms with Gasteiger partial charge in [0.05, 0.1) is 13.7 Å². The first kappa shape index (κ1) is 17.4. The summed E-state index contributed by atoms with van der Waals surface area (Å²) in [7, 11) is 1.66. The minimum atomic E-state index is 0.0392. The molecule has 0 fully saturated rings. The summed E-state index contributed by atoms with van der Waals surface area (Å²) in [5.41, 5.74) is 1.12. The monoisotopic (exact) mass is 290 g/mol. The van der Waals surface area contributed by atoms with E-state index in [1.165, 1.54) is 0 Å². The molecule has 0 heterocycles. The van der Waals surface area contributed by atoms with E-state index in [9.17, 15) is 4.79 Å². The molecule has 0 aromatic heterocycles. The molecule has 1 rings (SSSR count). The molecular weight excluding hydrogens is 264 g/mol. The summed E-state index contributed by atoms with van der Waals surface area (Å²) in [6.45, 7) is 5.30. The molecule has 2 atom stereocenters. The van der Waals surface area contributed by atoms with Crippen LogP contribution in [-0.2, 0) is 16.1 Å². The second kappa shape index (κ2) is 10.2. The van der Waals surface area contributed by atoms with E-state index in [2.05, 4.69) is 19.1 Å². The van der Waals surface area contributed by atoms with Crippen LogP contribution >= 0.6 is 0 Å². The number of allylic oxidation sites excluding steroid dienone is 2. The number of hydrogen-bond donors (Lipinski definition) is 0. The van der Waals surface area contributed by atoms with Gasteiger partial charge in [0.1, 0.15) is 12.0 Å². The molecular formula is C18H26O3. The van der Waals surface area contributed by atoms with Crippen LogP contribution in [0, 0.1) is 11.8 Å². The maximum Gasteiger partial charge on any atom is 0.123 e. The van der Waals surface area contributed by atoms with Crippen molar-refractivity contribution >= 4 is 6.29 Å². The number of rotatable bonds is 10. The summed E-state index contributed by atoms with van der Waals surface area (Å²) >= 11 is 0. The van der Waals surface area contributed by atoms with Crippen LogP contribution in [0.25, 0.3) is 0 Å². The number of carbonyl (C=O) groups is 1. The first-order valence-corrected chi connectivity index (χ1v) is 7.53. The molecule has 0 unspecified atom stereocenters. The van der Waals surface area contributed by atoms with Crippen LogP contribution in [0.15, 0.2) is 36.4 Å². The highest BCUT2D eigenvalue weighted by molar-refractivity contribution is 5.53. The third kappa shape index (κ3) is 6.58. The maximum atomic E-state index is 10.9. The second-order valence-electron chi connectivity index (χ2n) is 5.18. The molecule has 1 aromatic rings. The van der Waals surface area contributed by atoms with Gasteiger partial charge in [0.2, 0.25) is 0 Å². The molecule has 0 saturated heterocycles. The van der Waals surface area contributed by atoms with Gasteiger partial charge in [-0.3, -0.25) is 0 Å². The van der Waals surface area contributed by atoms with Crippen molar-refractivity contribution in [2.24, 2.45) is 11.8 Å². The quantitative estimate of drug-likeness (QED) is 0.371. The molecule has 0 aliphatic rings. The van der Waals surface area contributed by atoms with Gasteiger partial charge in [0.25, 0.3) is 0 Å². The lowest BCUT2D eigenvalue weighted by Gasteiger charge is -2.16. The lowest BCUT2D eigenvalue weighted by molar-refractivity contribution is -0.111. The summed E-state index contributed by atoms with van der Waals surface area (Å²) in [5.74, 6) is 1.15. The van der Waals surface area contributed by atoms with Gasteiger partial charge in [0.15, 0.2) is 0 Å². The number of benzene rings is 1. The first-order valence-electron chi connectivity index (χ1n) is 7.53. The third-order valence-electron chi connectivity index (χ3n) is 3.53. The highest BCUT2D eigenvalue weighted by Gasteiger charge is 2.13. The van der Waals surface area contributed by atoms with Crippen molar-refractivity contribution in [2.45, 2.75) is 33.3 Å². The number of methoxy groups -OCH3 is 1. The van der Waals surface area contributed by atoms with Gasteiger partial charge in [-0.25, -0.2) is 0 Å². The van der Waals surface area contributed by atoms with Crippen molar-refractivity contribution < 1.29 is 14.3 Å². The molecule has 0 saturated carbocycles. The summed E-state index contributed by atoms with van der Waals surface area (Å²) in [5, 5.41) is 0. The molecule has 0 aliphatic heterocycles. The van der Waals surface area contributed by atoms with E-state index in [4.69, 9.17) is 9.47 Å². The van der Waals surface area contributed by atoms with Gasteiger partial charge in [-0.15, -0.1) is 0 Å². The van der Waals surface area contributed by atoms with Crippen LogP contribution < -0.4 is 4.74 Å². The number of aldehydes is 1. The molecule has 21 heavy (non-hydrogen) atoms. The van der Waals surface area contributed by atoms with Gasteiger partial charge in [-0.2, -0.15) is 0 Å². The molecule has 116 valence electrons. The zero-order chi connectivity index (χ0) is 15.5. The van der Waals surface area contributed by atoms with E-state index in [1.807, 2.05) is 31.2 Å². The fourth-order valence-corrected chi connectivity index (χ4v) is 2.08. The Labute approximate surface area is 128 Å². The fourth-order valence-electron chi connectivity index (χ4n) is 2.08. The van der Waals surface area contributed by atoms with Gasteiger partial charge in [-0.1, -0.05) is 38.1 Å². The molecule has 0 radical (unpaired) electrons. The van der Waals surface area contributed by atoms with Gasteiger partial charge >= 0.3 is 0 Å². The average molecular weight is 290 g/mol. The Kier molecular flexibility index (Phi) is 8.44. The van der Waals surface area contributed by atoms with Crippen molar-refractivity contribution in [3.05, 3.63) is 42.0 Å². The average Bonchev–Trinajstić information content (AvgIpc) is 2.54. The van der Waals surface area contributed by atoms with Crippen molar-refractivity contribution in [2.75, 3.05) is 13.7 Å². The molecule has 0 aliphatic carbocycles. The predicted octanol–water partition coefficient (Wildman–Crippen LogP) is 4.02. The molecule has 0 N–H and O–H groups in total. The van der Waals surface area contributed by atoms with Gasteiger partial charge in [-0.05, 0) is 36.5 Å². The largest absolute Gasteiger partial charge is 0.497 e. The van der Waals surface area contributed by atoms with Crippen LogP contribution in [0.2, 0.25) is 0 Å². The van der Waals surface area contributed by atoms with Crippen molar-refractivity contribution in [3.63, 3.8) is 0 Å². The SMILES string of the molecule is CC/C=C/[C@@H](CCOCc1ccc(OC)cc1)[C@H](C)C=O. The smallest absolute Gasteiger partial charge is 0.123 e. The highest BCUT2D eigenvalue weighted by Crippen LogP contribution is 2.17. The van der Waals surface area contributed by atoms with Gasteiger partial charge in [0, 0.05) is 12.5 Å². The molecule has 0 bridgehead atoms. The van der Waals surface area contributed by atoms with E-state index in [-0.39, 0.29) is 11.8 Å². The Morgan fingerprint density at radius 2 is 1.95 bits per heavy atom. The van der Waals surface area contributed by atoms with Crippen molar-refractivity contribution in [1.82, 2.24) is 0 Å². The third-order valence-corrected chi connectivity index (χ3v) is 3.53. The topological polar surface area (TPSA) is 35.5 Å². The summed E-state index contributed by atoms with van der Waals surface area (Å²) < 4.78 is 10.8. The van der Waals surface area contributed by atoms with Crippen LogP contribution in [0.3, 0.4) is 0 Å². The Hall–Kier alpha value is -1.61. The zero-order valence-corrected chi connectivity index (χ0v) is 13.2. The number of carbonyl (C=O) groups excluding carboxylic acids is 1. The Bertz CT molecular complexity index is 423. The minimum absolute atomic E-state index is 0.0392. The summed E-state index contributed by atoms with van der Waals surface area (Å²) in [6, 6.07) is 7.86. The van der Waals surface area contributed by atoms with Crippen molar-refractivity contribution in [1.29, 1.82) is 0 Å². The molecule has 1 aromatic carbocycles. The lowest BCUT2D eigenvalue weighted by Crippen LogP contribution is -2.13. The van der Waals surface area contributed by atoms with E-state index >= 15 is 0 Å². The normalized spacial score (nSPS) is 14.0. The van der Waals surface area contributed by atoms with Crippen molar-refractivity contribution in [3.8, 4) is 5.75 Å². The molecule has 3 heteroatoms. The number of hydrogen-bond acceptors (Lipinski definition) is 3. The van der Waals surface area contributed by atoms with Crippen LogP contribution in [0.5, 0.6) is 5.75 Å². The summed E-state index contributed by atoms with van der Waals surface area (Å²) in [4.78, 5) is 10.9. The van der Waals surface area contributed by atoms with E-state index in [0.29, 0.717) is 13.2 Å². The van der Waals surface area contributed by atoms with E-state index in [1.54, 1.807) is 7.11 Å². The fraction of sp³-hybridized carbons (Fsp3) is 0.500.